The van der Waals surface area contributed by atoms with Gasteiger partial charge < -0.3 is 10.2 Å². The van der Waals surface area contributed by atoms with Crippen LogP contribution in [-0.2, 0) is 4.79 Å². The largest absolute Gasteiger partial charge is 0.382 e. The first-order valence-electron chi connectivity index (χ1n) is 9.39. The molecule has 0 spiro atoms. The Hall–Kier alpha value is -1.51. The Kier molecular flexibility index (Phi) is 4.04. The second-order valence-corrected chi connectivity index (χ2v) is 7.61. The van der Waals surface area contributed by atoms with Gasteiger partial charge in [-0.3, -0.25) is 4.79 Å². The Morgan fingerprint density at radius 2 is 2.04 bits per heavy atom. The molecule has 1 saturated carbocycles. The van der Waals surface area contributed by atoms with Crippen LogP contribution in [0.2, 0.25) is 0 Å². The van der Waals surface area contributed by atoms with Crippen LogP contribution >= 0.6 is 0 Å². The number of hydrogen-bond donors (Lipinski definition) is 1. The quantitative estimate of drug-likeness (QED) is 0.917. The monoisotopic (exact) mass is 312 g/mol. The molecule has 5 atom stereocenters. The van der Waals surface area contributed by atoms with Gasteiger partial charge in [0.1, 0.15) is 0 Å². The van der Waals surface area contributed by atoms with Crippen LogP contribution in [-0.4, -0.2) is 29.4 Å². The maximum Gasteiger partial charge on any atom is 0.222 e. The molecule has 1 amide bonds. The molecule has 1 aromatic rings. The van der Waals surface area contributed by atoms with E-state index in [-0.39, 0.29) is 0 Å². The maximum atomic E-state index is 12.4. The van der Waals surface area contributed by atoms with Gasteiger partial charge in [0.05, 0.1) is 0 Å². The molecule has 2 heterocycles. The summed E-state index contributed by atoms with van der Waals surface area (Å²) in [6, 6.07) is 11.7. The van der Waals surface area contributed by atoms with Crippen molar-refractivity contribution in [3.05, 3.63) is 30.3 Å². The first-order chi connectivity index (χ1) is 11.3. The van der Waals surface area contributed by atoms with Gasteiger partial charge in [0.15, 0.2) is 0 Å². The van der Waals surface area contributed by atoms with Crippen LogP contribution in [0.4, 0.5) is 5.69 Å². The molecular formula is C20H28N2O. The summed E-state index contributed by atoms with van der Waals surface area (Å²) >= 11 is 0. The molecule has 0 unspecified atom stereocenters. The summed E-state index contributed by atoms with van der Waals surface area (Å²) in [4.78, 5) is 14.7. The van der Waals surface area contributed by atoms with Crippen LogP contribution in [0.25, 0.3) is 0 Å². The third-order valence-electron chi connectivity index (χ3n) is 6.49. The number of rotatable bonds is 3. The van der Waals surface area contributed by atoms with E-state index in [2.05, 4.69) is 47.5 Å². The molecule has 3 aliphatic rings. The highest BCUT2D eigenvalue weighted by molar-refractivity contribution is 5.77. The van der Waals surface area contributed by atoms with Crippen molar-refractivity contribution < 1.29 is 4.79 Å². The third-order valence-corrected chi connectivity index (χ3v) is 6.49. The van der Waals surface area contributed by atoms with Gasteiger partial charge in [-0.1, -0.05) is 31.5 Å². The number of nitrogens with zero attached hydrogens (tertiary/aromatic N) is 1. The lowest BCUT2D eigenvalue weighted by molar-refractivity contribution is -0.133. The van der Waals surface area contributed by atoms with E-state index < -0.39 is 0 Å². The first-order valence-corrected chi connectivity index (χ1v) is 9.39. The standard InChI is InChI=1S/C20H28N2O/c1-2-16-17-9-6-10-19(23)22-12-11-14(20(17)22)13-18(16)21-15-7-4-3-5-8-15/h3-5,7-8,14,16-18,20-21H,2,6,9-13H2,1H3/t14-,16+,17+,18-,20-/m0/s1. The van der Waals surface area contributed by atoms with E-state index in [1.807, 2.05) is 0 Å². The lowest BCUT2D eigenvalue weighted by atomic mass is 9.66. The number of carbonyl (C=O) groups is 1. The van der Waals surface area contributed by atoms with Gasteiger partial charge in [-0.2, -0.15) is 0 Å². The summed E-state index contributed by atoms with van der Waals surface area (Å²) in [6.07, 6.45) is 6.72. The molecule has 2 saturated heterocycles. The zero-order valence-electron chi connectivity index (χ0n) is 14.1. The number of nitrogens with one attached hydrogen (secondary N) is 1. The van der Waals surface area contributed by atoms with Crippen molar-refractivity contribution in [1.82, 2.24) is 4.90 Å². The Labute approximate surface area is 139 Å². The number of carbonyl (C=O) groups excluding carboxylic acids is 1. The minimum Gasteiger partial charge on any atom is -0.382 e. The van der Waals surface area contributed by atoms with Gasteiger partial charge in [-0.25, -0.2) is 0 Å². The van der Waals surface area contributed by atoms with Crippen molar-refractivity contribution in [3.8, 4) is 0 Å². The van der Waals surface area contributed by atoms with Crippen molar-refractivity contribution in [2.75, 3.05) is 11.9 Å². The normalized spacial score (nSPS) is 36.5. The van der Waals surface area contributed by atoms with Crippen molar-refractivity contribution in [2.24, 2.45) is 17.8 Å². The topological polar surface area (TPSA) is 32.3 Å². The van der Waals surface area contributed by atoms with E-state index in [9.17, 15) is 4.79 Å². The molecule has 0 radical (unpaired) electrons. The van der Waals surface area contributed by atoms with E-state index in [4.69, 9.17) is 0 Å². The molecule has 3 nitrogen and oxygen atoms in total. The van der Waals surface area contributed by atoms with Crippen LogP contribution in [0, 0.1) is 17.8 Å². The minimum absolute atomic E-state index is 0.421. The van der Waals surface area contributed by atoms with Gasteiger partial charge in [0, 0.05) is 30.7 Å². The highest BCUT2D eigenvalue weighted by atomic mass is 16.2. The molecule has 0 aromatic heterocycles. The molecule has 1 N–H and O–H groups in total. The Morgan fingerprint density at radius 3 is 2.83 bits per heavy atom. The molecule has 3 fully saturated rings. The molecule has 1 aliphatic carbocycles. The van der Waals surface area contributed by atoms with Gasteiger partial charge in [0.25, 0.3) is 0 Å². The Bertz CT molecular complexity index is 558. The van der Waals surface area contributed by atoms with Crippen LogP contribution in [0.15, 0.2) is 30.3 Å². The smallest absolute Gasteiger partial charge is 0.222 e. The van der Waals surface area contributed by atoms with Crippen LogP contribution in [0.3, 0.4) is 0 Å². The predicted octanol–water partition coefficient (Wildman–Crippen LogP) is 3.91. The molecule has 1 aromatic carbocycles. The molecule has 0 bridgehead atoms. The van der Waals surface area contributed by atoms with Crippen LogP contribution in [0.1, 0.15) is 45.4 Å². The number of anilines is 1. The first kappa shape index (κ1) is 15.0. The Balaban J connectivity index is 1.60. The zero-order chi connectivity index (χ0) is 15.8. The summed E-state index contributed by atoms with van der Waals surface area (Å²) < 4.78 is 0. The number of hydrogen-bond acceptors (Lipinski definition) is 2. The second kappa shape index (κ2) is 6.18. The van der Waals surface area contributed by atoms with Gasteiger partial charge in [-0.15, -0.1) is 0 Å². The van der Waals surface area contributed by atoms with E-state index in [1.165, 1.54) is 31.4 Å². The van der Waals surface area contributed by atoms with Gasteiger partial charge >= 0.3 is 0 Å². The summed E-state index contributed by atoms with van der Waals surface area (Å²) in [5, 5.41) is 3.83. The molecule has 3 heteroatoms. The van der Waals surface area contributed by atoms with E-state index in [1.54, 1.807) is 0 Å². The predicted molar refractivity (Wildman–Crippen MR) is 93.2 cm³/mol. The third kappa shape index (κ3) is 2.64. The molecular weight excluding hydrogens is 284 g/mol. The average Bonchev–Trinajstić information content (AvgIpc) is 2.91. The van der Waals surface area contributed by atoms with Crippen LogP contribution < -0.4 is 5.32 Å². The lowest BCUT2D eigenvalue weighted by Gasteiger charge is -2.47. The molecule has 2 aliphatic heterocycles. The summed E-state index contributed by atoms with van der Waals surface area (Å²) in [5.74, 6) is 2.49. The number of amides is 1. The van der Waals surface area contributed by atoms with E-state index in [0.717, 1.165) is 19.4 Å². The zero-order valence-corrected chi connectivity index (χ0v) is 14.1. The Morgan fingerprint density at radius 1 is 1.22 bits per heavy atom. The molecule has 124 valence electrons. The highest BCUT2D eigenvalue weighted by Crippen LogP contribution is 2.48. The number of benzene rings is 1. The van der Waals surface area contributed by atoms with E-state index in [0.29, 0.717) is 35.7 Å². The van der Waals surface area contributed by atoms with E-state index >= 15 is 0 Å². The average molecular weight is 312 g/mol. The molecule has 4 rings (SSSR count). The van der Waals surface area contributed by atoms with Crippen molar-refractivity contribution in [2.45, 2.75) is 57.5 Å². The van der Waals surface area contributed by atoms with Crippen molar-refractivity contribution in [3.63, 3.8) is 0 Å². The lowest BCUT2D eigenvalue weighted by Crippen LogP contribution is -2.52. The molecule has 23 heavy (non-hydrogen) atoms. The number of para-hydroxylation sites is 1. The fourth-order valence-corrected chi connectivity index (χ4v) is 5.58. The van der Waals surface area contributed by atoms with Crippen molar-refractivity contribution in [1.29, 1.82) is 0 Å². The fraction of sp³-hybridized carbons (Fsp3) is 0.650. The summed E-state index contributed by atoms with van der Waals surface area (Å²) in [7, 11) is 0. The SMILES string of the molecule is CC[C@@H]1[C@H]2CCCC(=O)N3CC[C@@H](C[C@@H]1Nc1ccccc1)[C@@H]23. The second-order valence-electron chi connectivity index (χ2n) is 7.61. The summed E-state index contributed by atoms with van der Waals surface area (Å²) in [5.41, 5.74) is 1.24. The fourth-order valence-electron chi connectivity index (χ4n) is 5.58. The van der Waals surface area contributed by atoms with Crippen LogP contribution in [0.5, 0.6) is 0 Å². The highest BCUT2D eigenvalue weighted by Gasteiger charge is 2.50. The summed E-state index contributed by atoms with van der Waals surface area (Å²) in [6.45, 7) is 3.33. The van der Waals surface area contributed by atoms with Crippen molar-refractivity contribution >= 4 is 11.6 Å². The maximum absolute atomic E-state index is 12.4. The minimum atomic E-state index is 0.421. The van der Waals surface area contributed by atoms with Gasteiger partial charge in [0.2, 0.25) is 5.91 Å². The van der Waals surface area contributed by atoms with Gasteiger partial charge in [-0.05, 0) is 55.6 Å².